The van der Waals surface area contributed by atoms with Crippen molar-refractivity contribution in [3.63, 3.8) is 0 Å². The van der Waals surface area contributed by atoms with Crippen molar-refractivity contribution in [2.45, 2.75) is 13.3 Å². The molecular formula is C8H17N3O2S. The Kier molecular flexibility index (Phi) is 8.16. The number of nitrogens with two attached hydrogens (primary N) is 1. The number of carbonyl (C=O) groups is 1. The van der Waals surface area contributed by atoms with Gasteiger partial charge in [0.25, 0.3) is 0 Å². The molecule has 0 aromatic carbocycles. The maximum Gasteiger partial charge on any atom is 0.243 e. The van der Waals surface area contributed by atoms with Crippen LogP contribution in [0.5, 0.6) is 0 Å². The largest absolute Gasteiger partial charge is 0.370 e. The van der Waals surface area contributed by atoms with Crippen LogP contribution < -0.4 is 16.4 Å². The summed E-state index contributed by atoms with van der Waals surface area (Å²) in [4.78, 5) is 10.3. The number of hydrogen-bond donors (Lipinski definition) is 3. The number of nitrogens with one attached hydrogen (secondary N) is 2. The van der Waals surface area contributed by atoms with E-state index in [4.69, 9.17) is 22.7 Å². The molecule has 5 nitrogen and oxygen atoms in total. The SMILES string of the molecule is CCCNC(=S)NCCOCC(N)=O. The minimum absolute atomic E-state index is 0.0448. The highest BCUT2D eigenvalue weighted by molar-refractivity contribution is 7.80. The quantitative estimate of drug-likeness (QED) is 0.392. The monoisotopic (exact) mass is 219 g/mol. The van der Waals surface area contributed by atoms with Gasteiger partial charge < -0.3 is 21.1 Å². The summed E-state index contributed by atoms with van der Waals surface area (Å²) >= 11 is 4.95. The summed E-state index contributed by atoms with van der Waals surface area (Å²) in [6.07, 6.45) is 1.03. The molecule has 0 unspecified atom stereocenters. The van der Waals surface area contributed by atoms with E-state index in [9.17, 15) is 4.79 Å². The average Bonchev–Trinajstić information content (AvgIpc) is 2.13. The first-order valence-corrected chi connectivity index (χ1v) is 4.95. The summed E-state index contributed by atoms with van der Waals surface area (Å²) in [5.41, 5.74) is 4.88. The summed E-state index contributed by atoms with van der Waals surface area (Å²) in [5.74, 6) is -0.461. The minimum atomic E-state index is -0.461. The number of thiocarbonyl (C=S) groups is 1. The fourth-order valence-corrected chi connectivity index (χ4v) is 0.915. The van der Waals surface area contributed by atoms with Gasteiger partial charge in [-0.2, -0.15) is 0 Å². The van der Waals surface area contributed by atoms with E-state index in [1.807, 2.05) is 0 Å². The second-order valence-electron chi connectivity index (χ2n) is 2.70. The second kappa shape index (κ2) is 8.71. The van der Waals surface area contributed by atoms with Gasteiger partial charge in [0.2, 0.25) is 5.91 Å². The van der Waals surface area contributed by atoms with Crippen molar-refractivity contribution >= 4 is 23.2 Å². The lowest BCUT2D eigenvalue weighted by molar-refractivity contribution is -0.122. The molecule has 14 heavy (non-hydrogen) atoms. The molecule has 1 amide bonds. The molecule has 0 aliphatic heterocycles. The molecule has 0 aliphatic carbocycles. The highest BCUT2D eigenvalue weighted by atomic mass is 32.1. The van der Waals surface area contributed by atoms with Crippen molar-refractivity contribution in [2.24, 2.45) is 5.73 Å². The van der Waals surface area contributed by atoms with Crippen LogP contribution in [0.3, 0.4) is 0 Å². The van der Waals surface area contributed by atoms with Gasteiger partial charge in [-0.25, -0.2) is 0 Å². The van der Waals surface area contributed by atoms with E-state index in [1.54, 1.807) is 0 Å². The third-order valence-corrected chi connectivity index (χ3v) is 1.60. The van der Waals surface area contributed by atoms with Gasteiger partial charge in [-0.3, -0.25) is 4.79 Å². The van der Waals surface area contributed by atoms with Crippen LogP contribution in [0.2, 0.25) is 0 Å². The Morgan fingerprint density at radius 2 is 2.07 bits per heavy atom. The molecule has 6 heteroatoms. The van der Waals surface area contributed by atoms with Gasteiger partial charge in [0.1, 0.15) is 6.61 Å². The lowest BCUT2D eigenvalue weighted by Gasteiger charge is -2.09. The first-order chi connectivity index (χ1) is 6.66. The molecule has 0 heterocycles. The summed E-state index contributed by atoms with van der Waals surface area (Å²) in [6, 6.07) is 0. The van der Waals surface area contributed by atoms with Gasteiger partial charge in [-0.1, -0.05) is 6.92 Å². The van der Waals surface area contributed by atoms with Gasteiger partial charge in [0.15, 0.2) is 5.11 Å². The standard InChI is InChI=1S/C8H17N3O2S/c1-2-3-10-8(14)11-4-5-13-6-7(9)12/h2-6H2,1H3,(H2,9,12)(H2,10,11,14). The van der Waals surface area contributed by atoms with Crippen LogP contribution >= 0.6 is 12.2 Å². The topological polar surface area (TPSA) is 76.4 Å². The Bertz CT molecular complexity index is 187. The van der Waals surface area contributed by atoms with Crippen LogP contribution in [0.25, 0.3) is 0 Å². The average molecular weight is 219 g/mol. The smallest absolute Gasteiger partial charge is 0.243 e. The van der Waals surface area contributed by atoms with E-state index in [-0.39, 0.29) is 6.61 Å². The van der Waals surface area contributed by atoms with Crippen molar-refractivity contribution in [2.75, 3.05) is 26.3 Å². The third kappa shape index (κ3) is 9.21. The summed E-state index contributed by atoms with van der Waals surface area (Å²) in [5, 5.41) is 6.55. The molecule has 0 fully saturated rings. The molecule has 0 aliphatic rings. The van der Waals surface area contributed by atoms with Crippen LogP contribution in [0.15, 0.2) is 0 Å². The zero-order valence-corrected chi connectivity index (χ0v) is 9.15. The number of carbonyl (C=O) groups excluding carboxylic acids is 1. The van der Waals surface area contributed by atoms with Crippen molar-refractivity contribution in [3.8, 4) is 0 Å². The van der Waals surface area contributed by atoms with E-state index in [2.05, 4.69) is 17.6 Å². The van der Waals surface area contributed by atoms with E-state index in [1.165, 1.54) is 0 Å². The molecule has 0 aromatic heterocycles. The Labute approximate surface area is 89.4 Å². The normalized spacial score (nSPS) is 9.50. The molecule has 0 saturated heterocycles. The molecule has 0 spiro atoms. The predicted molar refractivity (Wildman–Crippen MR) is 58.9 cm³/mol. The van der Waals surface area contributed by atoms with Crippen LogP contribution in [-0.2, 0) is 9.53 Å². The van der Waals surface area contributed by atoms with Gasteiger partial charge in [0.05, 0.1) is 6.61 Å². The minimum Gasteiger partial charge on any atom is -0.370 e. The van der Waals surface area contributed by atoms with Crippen molar-refractivity contribution in [1.82, 2.24) is 10.6 Å². The van der Waals surface area contributed by atoms with Crippen LogP contribution in [0, 0.1) is 0 Å². The highest BCUT2D eigenvalue weighted by Crippen LogP contribution is 1.74. The predicted octanol–water partition coefficient (Wildman–Crippen LogP) is -0.638. The first-order valence-electron chi connectivity index (χ1n) is 4.54. The lowest BCUT2D eigenvalue weighted by Crippen LogP contribution is -2.37. The molecule has 4 N–H and O–H groups in total. The zero-order chi connectivity index (χ0) is 10.8. The number of amides is 1. The Hall–Kier alpha value is -0.880. The van der Waals surface area contributed by atoms with Crippen molar-refractivity contribution in [1.29, 1.82) is 0 Å². The maximum atomic E-state index is 10.3. The van der Waals surface area contributed by atoms with Gasteiger partial charge in [0, 0.05) is 13.1 Å². The highest BCUT2D eigenvalue weighted by Gasteiger charge is 1.95. The molecular weight excluding hydrogens is 202 g/mol. The number of rotatable bonds is 7. The van der Waals surface area contributed by atoms with Gasteiger partial charge >= 0.3 is 0 Å². The molecule has 0 rings (SSSR count). The first kappa shape index (κ1) is 13.1. The van der Waals surface area contributed by atoms with Crippen molar-refractivity contribution in [3.05, 3.63) is 0 Å². The maximum absolute atomic E-state index is 10.3. The second-order valence-corrected chi connectivity index (χ2v) is 3.11. The van der Waals surface area contributed by atoms with E-state index < -0.39 is 5.91 Å². The van der Waals surface area contributed by atoms with E-state index >= 15 is 0 Å². The van der Waals surface area contributed by atoms with Gasteiger partial charge in [-0.15, -0.1) is 0 Å². The number of hydrogen-bond acceptors (Lipinski definition) is 3. The van der Waals surface area contributed by atoms with E-state index in [0.29, 0.717) is 18.3 Å². The molecule has 0 bridgehead atoms. The van der Waals surface area contributed by atoms with Crippen LogP contribution in [-0.4, -0.2) is 37.3 Å². The Morgan fingerprint density at radius 3 is 2.64 bits per heavy atom. The molecule has 0 radical (unpaired) electrons. The number of ether oxygens (including phenoxy) is 1. The summed E-state index contributed by atoms with van der Waals surface area (Å²) in [7, 11) is 0. The molecule has 0 saturated carbocycles. The van der Waals surface area contributed by atoms with E-state index in [0.717, 1.165) is 13.0 Å². The summed E-state index contributed by atoms with van der Waals surface area (Å²) in [6.45, 7) is 3.86. The molecule has 0 aromatic rings. The summed E-state index contributed by atoms with van der Waals surface area (Å²) < 4.78 is 4.93. The fourth-order valence-electron chi connectivity index (χ4n) is 0.711. The number of primary amides is 1. The van der Waals surface area contributed by atoms with Crippen molar-refractivity contribution < 1.29 is 9.53 Å². The molecule has 0 atom stereocenters. The fraction of sp³-hybridized carbons (Fsp3) is 0.750. The van der Waals surface area contributed by atoms with Gasteiger partial charge in [-0.05, 0) is 18.6 Å². The zero-order valence-electron chi connectivity index (χ0n) is 8.34. The Morgan fingerprint density at radius 1 is 1.43 bits per heavy atom. The van der Waals surface area contributed by atoms with Crippen LogP contribution in [0.1, 0.15) is 13.3 Å². The lowest BCUT2D eigenvalue weighted by atomic mass is 10.5. The van der Waals surface area contributed by atoms with Crippen LogP contribution in [0.4, 0.5) is 0 Å². The molecule has 82 valence electrons. The Balaban J connectivity index is 3.19. The third-order valence-electron chi connectivity index (χ3n) is 1.31.